The van der Waals surface area contributed by atoms with Crippen molar-refractivity contribution in [2.45, 2.75) is 47.2 Å². The van der Waals surface area contributed by atoms with Crippen molar-refractivity contribution < 1.29 is 0 Å². The van der Waals surface area contributed by atoms with Crippen LogP contribution in [-0.4, -0.2) is 30.6 Å². The highest BCUT2D eigenvalue weighted by atomic mass is 127. The van der Waals surface area contributed by atoms with Crippen LogP contribution in [0.2, 0.25) is 5.02 Å². The quantitative estimate of drug-likeness (QED) is 0.371. The zero-order valence-corrected chi connectivity index (χ0v) is 21.9. The predicted molar refractivity (Wildman–Crippen MR) is 137 cm³/mol. The summed E-state index contributed by atoms with van der Waals surface area (Å²) in [5, 5.41) is 4.37. The monoisotopic (exact) mass is 576 g/mol. The number of hydrogen-bond donors (Lipinski definition) is 1. The fourth-order valence-electron chi connectivity index (χ4n) is 3.19. The average Bonchev–Trinajstić information content (AvgIpc) is 3.20. The molecule has 0 aliphatic carbocycles. The van der Waals surface area contributed by atoms with Crippen LogP contribution in [0, 0.1) is 0 Å². The van der Waals surface area contributed by atoms with Gasteiger partial charge in [0.05, 0.1) is 43.4 Å². The molecule has 4 heterocycles. The minimum Gasteiger partial charge on any atom is -0.362 e. The fourth-order valence-corrected chi connectivity index (χ4v) is 4.83. The third-order valence-corrected chi connectivity index (χ3v) is 6.69. The molecular formula is C20H27ClIN6O2P. The van der Waals surface area contributed by atoms with E-state index in [2.05, 4.69) is 37.1 Å². The molecule has 0 aromatic carbocycles. The first-order chi connectivity index (χ1) is 15.1. The lowest BCUT2D eigenvalue weighted by Crippen LogP contribution is -2.33. The van der Waals surface area contributed by atoms with Gasteiger partial charge in [0.15, 0.2) is 0 Å². The highest BCUT2D eigenvalue weighted by molar-refractivity contribution is 14.2. The molecule has 3 aromatic heterocycles. The molecule has 0 radical (unpaired) electrons. The van der Waals surface area contributed by atoms with Gasteiger partial charge in [0, 0.05) is 30.4 Å². The van der Waals surface area contributed by atoms with Crippen molar-refractivity contribution in [1.29, 1.82) is 0 Å². The highest BCUT2D eigenvalue weighted by Crippen LogP contribution is 2.29. The maximum atomic E-state index is 12.2. The summed E-state index contributed by atoms with van der Waals surface area (Å²) >= 11 is 8.39. The first-order valence-corrected chi connectivity index (χ1v) is 14.6. The van der Waals surface area contributed by atoms with Crippen LogP contribution in [0.4, 0.5) is 5.69 Å². The maximum Gasteiger partial charge on any atom is 0.291 e. The van der Waals surface area contributed by atoms with Gasteiger partial charge in [0.2, 0.25) is 5.56 Å². The number of aromatic amines is 1. The number of pyridine rings is 1. The predicted octanol–water partition coefficient (Wildman–Crippen LogP) is 4.24. The van der Waals surface area contributed by atoms with Crippen molar-refractivity contribution in [3.63, 3.8) is 0 Å². The fraction of sp³-hybridized carbons (Fsp3) is 0.400. The number of fused-ring (bicyclic) bond motifs is 1. The first-order valence-electron chi connectivity index (χ1n) is 10.2. The van der Waals surface area contributed by atoms with Gasteiger partial charge in [-0.1, -0.05) is 45.4 Å². The zero-order valence-electron chi connectivity index (χ0n) is 18.0. The van der Waals surface area contributed by atoms with Crippen LogP contribution < -0.4 is 16.0 Å². The van der Waals surface area contributed by atoms with E-state index in [1.165, 1.54) is 10.5 Å². The Kier molecular flexibility index (Phi) is 10.2. The molecule has 0 amide bonds. The number of nitrogens with one attached hydrogen (secondary N) is 1. The number of imidazole rings is 1. The van der Waals surface area contributed by atoms with E-state index >= 15 is 0 Å². The van der Waals surface area contributed by atoms with Crippen molar-refractivity contribution in [2.75, 3.05) is 11.4 Å². The molecular weight excluding hydrogens is 550 g/mol. The largest absolute Gasteiger partial charge is 0.362 e. The summed E-state index contributed by atoms with van der Waals surface area (Å²) in [5.74, 6) is 0. The molecule has 0 spiro atoms. The average molecular weight is 577 g/mol. The molecule has 0 saturated carbocycles. The van der Waals surface area contributed by atoms with Gasteiger partial charge in [-0.2, -0.15) is 5.10 Å². The highest BCUT2D eigenvalue weighted by Gasteiger charge is 2.24. The van der Waals surface area contributed by atoms with Gasteiger partial charge in [0.1, 0.15) is 5.02 Å². The number of aromatic nitrogens is 5. The Morgan fingerprint density at radius 2 is 1.97 bits per heavy atom. The van der Waals surface area contributed by atoms with Crippen LogP contribution in [0.25, 0.3) is 0 Å². The lowest BCUT2D eigenvalue weighted by atomic mass is 10.1. The SMILES string of the molecule is CC.CC.O=c1cccc(Cn2cnc3c2CCN(c2cnn(PI)c(=O)c2Cl)C3)[nH]1. The Hall–Kier alpha value is -1.71. The summed E-state index contributed by atoms with van der Waals surface area (Å²) < 4.78 is 3.41. The Morgan fingerprint density at radius 1 is 1.23 bits per heavy atom. The molecule has 31 heavy (non-hydrogen) atoms. The van der Waals surface area contributed by atoms with Crippen LogP contribution in [0.3, 0.4) is 0 Å². The summed E-state index contributed by atoms with van der Waals surface area (Å²) in [7, 11) is 0. The topological polar surface area (TPSA) is 88.8 Å². The van der Waals surface area contributed by atoms with Gasteiger partial charge in [-0.15, -0.1) is 0 Å². The number of anilines is 1. The number of nitrogens with zero attached hydrogens (tertiary/aromatic N) is 5. The molecule has 8 nitrogen and oxygen atoms in total. The van der Waals surface area contributed by atoms with Crippen molar-refractivity contribution in [1.82, 2.24) is 24.1 Å². The number of H-pyrrole nitrogens is 1. The Balaban J connectivity index is 0.000000807. The number of rotatable bonds is 4. The van der Waals surface area contributed by atoms with Gasteiger partial charge >= 0.3 is 0 Å². The van der Waals surface area contributed by atoms with Gasteiger partial charge in [-0.25, -0.2) is 9.44 Å². The first kappa shape index (κ1) is 25.5. The smallest absolute Gasteiger partial charge is 0.291 e. The summed E-state index contributed by atoms with van der Waals surface area (Å²) in [5.41, 5.74) is 3.15. The second kappa shape index (κ2) is 12.4. The van der Waals surface area contributed by atoms with Gasteiger partial charge in [-0.3, -0.25) is 9.59 Å². The van der Waals surface area contributed by atoms with Crippen LogP contribution >= 0.6 is 40.0 Å². The minimum atomic E-state index is -0.272. The minimum absolute atomic E-state index is 0.114. The Morgan fingerprint density at radius 3 is 2.65 bits per heavy atom. The molecule has 0 bridgehead atoms. The molecule has 4 rings (SSSR count). The van der Waals surface area contributed by atoms with E-state index in [-0.39, 0.29) is 22.5 Å². The molecule has 11 heteroatoms. The molecule has 1 aliphatic heterocycles. The third kappa shape index (κ3) is 5.96. The number of halogens is 2. The van der Waals surface area contributed by atoms with Gasteiger partial charge in [-0.05, 0) is 28.1 Å². The molecule has 1 aliphatic rings. The molecule has 0 saturated heterocycles. The van der Waals surface area contributed by atoms with E-state index in [0.29, 0.717) is 25.3 Å². The zero-order chi connectivity index (χ0) is 23.0. The molecule has 1 unspecified atom stereocenters. The second-order valence-corrected chi connectivity index (χ2v) is 8.54. The normalized spacial score (nSPS) is 12.6. The lowest BCUT2D eigenvalue weighted by molar-refractivity contribution is 0.654. The standard InChI is InChI=1S/C16H15ClIN6O2P.2C2H6/c17-15-13(6-20-24(27-18)16(15)26)22-5-4-12-11(8-22)19-9-23(12)7-10-2-1-3-14(25)21-10;2*1-2/h1-3,6,9,27H,4-5,7-8H2,(H,21,25);2*1-2H3. The van der Waals surface area contributed by atoms with Crippen molar-refractivity contribution in [2.24, 2.45) is 0 Å². The summed E-state index contributed by atoms with van der Waals surface area (Å²) in [6, 6.07) is 5.12. The maximum absolute atomic E-state index is 12.2. The second-order valence-electron chi connectivity index (χ2n) is 6.12. The van der Waals surface area contributed by atoms with E-state index in [1.807, 2.05) is 43.2 Å². The van der Waals surface area contributed by atoms with Crippen LogP contribution in [0.5, 0.6) is 0 Å². The van der Waals surface area contributed by atoms with Gasteiger partial charge in [0.25, 0.3) is 5.56 Å². The lowest BCUT2D eigenvalue weighted by Gasteiger charge is -2.29. The Labute approximate surface area is 201 Å². The Bertz CT molecular complexity index is 1110. The summed E-state index contributed by atoms with van der Waals surface area (Å²) in [6.07, 6.45) is 4.40. The van der Waals surface area contributed by atoms with Crippen molar-refractivity contribution >= 4 is 45.7 Å². The van der Waals surface area contributed by atoms with E-state index in [0.717, 1.165) is 23.5 Å². The molecule has 1 N–H and O–H groups in total. The van der Waals surface area contributed by atoms with Gasteiger partial charge < -0.3 is 14.5 Å². The van der Waals surface area contributed by atoms with Crippen LogP contribution in [0.15, 0.2) is 40.3 Å². The van der Waals surface area contributed by atoms with Crippen molar-refractivity contribution in [3.05, 3.63) is 73.5 Å². The van der Waals surface area contributed by atoms with E-state index in [4.69, 9.17) is 11.6 Å². The van der Waals surface area contributed by atoms with E-state index < -0.39 is 0 Å². The summed E-state index contributed by atoms with van der Waals surface area (Å²) in [4.78, 5) is 33.1. The molecule has 3 aromatic rings. The molecule has 1 atom stereocenters. The number of hydrogen-bond acceptors (Lipinski definition) is 5. The van der Waals surface area contributed by atoms with E-state index in [9.17, 15) is 9.59 Å². The molecule has 0 fully saturated rings. The third-order valence-electron chi connectivity index (χ3n) is 4.48. The van der Waals surface area contributed by atoms with E-state index in [1.54, 1.807) is 18.6 Å². The summed E-state index contributed by atoms with van der Waals surface area (Å²) in [6.45, 7) is 9.83. The van der Waals surface area contributed by atoms with Crippen molar-refractivity contribution in [3.8, 4) is 0 Å². The van der Waals surface area contributed by atoms with Crippen LogP contribution in [0.1, 0.15) is 44.8 Å². The van der Waals surface area contributed by atoms with Crippen LogP contribution in [-0.2, 0) is 19.5 Å². The molecule has 168 valence electrons.